The van der Waals surface area contributed by atoms with E-state index < -0.39 is 5.97 Å². The van der Waals surface area contributed by atoms with Gasteiger partial charge in [0.2, 0.25) is 0 Å². The molecule has 0 atom stereocenters. The smallest absolute Gasteiger partial charge is 0.356 e. The van der Waals surface area contributed by atoms with Crippen molar-refractivity contribution in [3.8, 4) is 11.5 Å². The average Bonchev–Trinajstić information content (AvgIpc) is 2.95. The summed E-state index contributed by atoms with van der Waals surface area (Å²) in [5.41, 5.74) is 1.67. The minimum atomic E-state index is -0.526. The molecule has 3 aromatic heterocycles. The Morgan fingerprint density at radius 1 is 1.30 bits per heavy atom. The summed E-state index contributed by atoms with van der Waals surface area (Å²) < 4.78 is 4.63. The fourth-order valence-corrected chi connectivity index (χ4v) is 1.92. The Balaban J connectivity index is 2.13. The average molecular weight is 290 g/mol. The summed E-state index contributed by atoms with van der Waals surface area (Å²) in [7, 11) is 1.29. The fourth-order valence-electron chi connectivity index (χ4n) is 1.70. The zero-order chi connectivity index (χ0) is 14.1. The van der Waals surface area contributed by atoms with E-state index in [-0.39, 0.29) is 10.8 Å². The number of carbonyl (C=O) groups is 1. The number of nitrogens with zero attached hydrogens (tertiary/aromatic N) is 4. The third-order valence-electron chi connectivity index (χ3n) is 2.62. The van der Waals surface area contributed by atoms with Crippen LogP contribution in [0.2, 0.25) is 5.15 Å². The lowest BCUT2D eigenvalue weighted by molar-refractivity contribution is 0.0594. The molecule has 0 unspecified atom stereocenters. The molecule has 8 heteroatoms. The third-order valence-corrected chi connectivity index (χ3v) is 2.88. The van der Waals surface area contributed by atoms with Gasteiger partial charge in [0, 0.05) is 6.20 Å². The summed E-state index contributed by atoms with van der Waals surface area (Å²) in [5, 5.41) is 6.82. The number of carbonyl (C=O) groups excluding carboxylic acids is 1. The molecule has 3 rings (SSSR count). The van der Waals surface area contributed by atoms with E-state index >= 15 is 0 Å². The summed E-state index contributed by atoms with van der Waals surface area (Å²) >= 11 is 6.03. The Morgan fingerprint density at radius 2 is 2.15 bits per heavy atom. The number of esters is 1. The largest absolute Gasteiger partial charge is 0.464 e. The normalized spacial score (nSPS) is 10.7. The van der Waals surface area contributed by atoms with Crippen LogP contribution in [0.25, 0.3) is 22.6 Å². The molecule has 0 fully saturated rings. The third kappa shape index (κ3) is 2.08. The first kappa shape index (κ1) is 12.5. The molecule has 0 aliphatic carbocycles. The van der Waals surface area contributed by atoms with Gasteiger partial charge < -0.3 is 4.74 Å². The van der Waals surface area contributed by atoms with Crippen LogP contribution in [0.5, 0.6) is 0 Å². The number of hydrogen-bond donors (Lipinski definition) is 1. The lowest BCUT2D eigenvalue weighted by Crippen LogP contribution is -2.05. The highest BCUT2D eigenvalue weighted by molar-refractivity contribution is 6.33. The van der Waals surface area contributed by atoms with Crippen LogP contribution in [0.4, 0.5) is 0 Å². The van der Waals surface area contributed by atoms with Gasteiger partial charge in [-0.25, -0.2) is 19.7 Å². The molecule has 3 heterocycles. The summed E-state index contributed by atoms with van der Waals surface area (Å²) in [5.74, 6) is -0.211. The molecule has 7 nitrogen and oxygen atoms in total. The number of ether oxygens (including phenoxy) is 1. The molecule has 100 valence electrons. The van der Waals surface area contributed by atoms with Crippen LogP contribution in [0.15, 0.2) is 24.4 Å². The number of fused-ring (bicyclic) bond motifs is 1. The van der Waals surface area contributed by atoms with Crippen molar-refractivity contribution < 1.29 is 9.53 Å². The molecule has 0 saturated carbocycles. The molecule has 0 amide bonds. The molecule has 0 bridgehead atoms. The highest BCUT2D eigenvalue weighted by atomic mass is 35.5. The molecule has 1 N–H and O–H groups in total. The Bertz CT molecular complexity index is 801. The Hall–Kier alpha value is -2.54. The number of hydrogen-bond acceptors (Lipinski definition) is 6. The van der Waals surface area contributed by atoms with E-state index in [0.29, 0.717) is 22.6 Å². The molecule has 0 radical (unpaired) electrons. The first-order valence-electron chi connectivity index (χ1n) is 5.62. The van der Waals surface area contributed by atoms with Gasteiger partial charge in [0.1, 0.15) is 22.4 Å². The molecule has 0 aliphatic heterocycles. The van der Waals surface area contributed by atoms with E-state index in [2.05, 4.69) is 29.9 Å². The summed E-state index contributed by atoms with van der Waals surface area (Å²) in [6, 6.07) is 4.91. The highest BCUT2D eigenvalue weighted by Gasteiger charge is 2.13. The van der Waals surface area contributed by atoms with Crippen molar-refractivity contribution in [2.75, 3.05) is 7.11 Å². The van der Waals surface area contributed by atoms with Crippen molar-refractivity contribution in [2.45, 2.75) is 0 Å². The van der Waals surface area contributed by atoms with E-state index in [1.54, 1.807) is 24.4 Å². The quantitative estimate of drug-likeness (QED) is 0.571. The number of rotatable bonds is 2. The Kier molecular flexibility index (Phi) is 3.03. The summed E-state index contributed by atoms with van der Waals surface area (Å²) in [6.07, 6.45) is 1.61. The van der Waals surface area contributed by atoms with Crippen molar-refractivity contribution in [3.63, 3.8) is 0 Å². The number of nitrogens with one attached hydrogen (secondary N) is 1. The SMILES string of the molecule is COC(=O)c1cccc(-c2nc(Cl)c3n[nH]cc3n2)n1. The van der Waals surface area contributed by atoms with Gasteiger partial charge in [-0.05, 0) is 12.1 Å². The summed E-state index contributed by atoms with van der Waals surface area (Å²) in [6.45, 7) is 0. The molecule has 0 aromatic carbocycles. The van der Waals surface area contributed by atoms with E-state index in [9.17, 15) is 4.79 Å². The molecule has 0 saturated heterocycles. The van der Waals surface area contributed by atoms with Gasteiger partial charge in [-0.15, -0.1) is 0 Å². The lowest BCUT2D eigenvalue weighted by Gasteiger charge is -2.03. The maximum atomic E-state index is 11.5. The van der Waals surface area contributed by atoms with Crippen molar-refractivity contribution in [1.29, 1.82) is 0 Å². The molecule has 3 aromatic rings. The summed E-state index contributed by atoms with van der Waals surface area (Å²) in [4.78, 5) is 24.0. The Morgan fingerprint density at radius 3 is 2.95 bits per heavy atom. The van der Waals surface area contributed by atoms with Gasteiger partial charge in [0.25, 0.3) is 0 Å². The van der Waals surface area contributed by atoms with Crippen molar-refractivity contribution in [2.24, 2.45) is 0 Å². The van der Waals surface area contributed by atoms with E-state index in [1.807, 2.05) is 0 Å². The van der Waals surface area contributed by atoms with Crippen molar-refractivity contribution in [3.05, 3.63) is 35.2 Å². The van der Waals surface area contributed by atoms with Gasteiger partial charge in [-0.3, -0.25) is 5.10 Å². The van der Waals surface area contributed by atoms with Gasteiger partial charge in [0.15, 0.2) is 11.0 Å². The minimum absolute atomic E-state index is 0.178. The van der Waals surface area contributed by atoms with Gasteiger partial charge in [-0.1, -0.05) is 17.7 Å². The number of aromatic nitrogens is 5. The van der Waals surface area contributed by atoms with Gasteiger partial charge in [-0.2, -0.15) is 5.10 Å². The van der Waals surface area contributed by atoms with E-state index in [1.165, 1.54) is 7.11 Å². The van der Waals surface area contributed by atoms with E-state index in [4.69, 9.17) is 11.6 Å². The molecular weight excluding hydrogens is 282 g/mol. The monoisotopic (exact) mass is 289 g/mol. The predicted molar refractivity (Wildman–Crippen MR) is 71.3 cm³/mol. The number of halogens is 1. The van der Waals surface area contributed by atoms with Crippen molar-refractivity contribution >= 4 is 28.6 Å². The molecular formula is C12H8ClN5O2. The van der Waals surface area contributed by atoms with E-state index in [0.717, 1.165) is 0 Å². The standard InChI is InChI=1S/C12H8ClN5O2/c1-20-12(19)7-4-2-3-6(15-7)11-16-8-5-14-18-9(8)10(13)17-11/h2-5H,1H3,(H,14,18). The zero-order valence-electron chi connectivity index (χ0n) is 10.3. The topological polar surface area (TPSA) is 93.7 Å². The second-order valence-corrected chi connectivity index (χ2v) is 4.21. The maximum Gasteiger partial charge on any atom is 0.356 e. The van der Waals surface area contributed by atoms with Crippen LogP contribution in [-0.2, 0) is 4.74 Å². The first-order valence-corrected chi connectivity index (χ1v) is 5.99. The molecule has 0 aliphatic rings. The number of pyridine rings is 1. The molecule has 0 spiro atoms. The second kappa shape index (κ2) is 4.86. The number of aromatic amines is 1. The van der Waals surface area contributed by atoms with Crippen LogP contribution in [0.3, 0.4) is 0 Å². The van der Waals surface area contributed by atoms with Crippen LogP contribution in [-0.4, -0.2) is 38.2 Å². The van der Waals surface area contributed by atoms with Crippen LogP contribution in [0, 0.1) is 0 Å². The lowest BCUT2D eigenvalue weighted by atomic mass is 10.3. The van der Waals surface area contributed by atoms with Crippen LogP contribution < -0.4 is 0 Å². The first-order chi connectivity index (χ1) is 9.69. The van der Waals surface area contributed by atoms with Gasteiger partial charge >= 0.3 is 5.97 Å². The molecule has 20 heavy (non-hydrogen) atoms. The van der Waals surface area contributed by atoms with Crippen molar-refractivity contribution in [1.82, 2.24) is 25.1 Å². The van der Waals surface area contributed by atoms with Crippen LogP contribution >= 0.6 is 11.6 Å². The minimum Gasteiger partial charge on any atom is -0.464 e. The highest BCUT2D eigenvalue weighted by Crippen LogP contribution is 2.22. The Labute approximate surface area is 118 Å². The van der Waals surface area contributed by atoms with Crippen LogP contribution in [0.1, 0.15) is 10.5 Å². The number of H-pyrrole nitrogens is 1. The second-order valence-electron chi connectivity index (χ2n) is 3.86. The predicted octanol–water partition coefficient (Wildman–Crippen LogP) is 1.85. The zero-order valence-corrected chi connectivity index (χ0v) is 11.0. The maximum absolute atomic E-state index is 11.5. The number of methoxy groups -OCH3 is 1. The van der Waals surface area contributed by atoms with Gasteiger partial charge in [0.05, 0.1) is 7.11 Å². The fraction of sp³-hybridized carbons (Fsp3) is 0.0833.